The SMILES string of the molecule is CCCc1ccc(Br)cc1NC(=S)N1CCS/C1=N/C1=CC=CCC1. The number of hydrogen-bond acceptors (Lipinski definition) is 3. The van der Waals surface area contributed by atoms with E-state index in [9.17, 15) is 0 Å². The number of rotatable bonds is 4. The van der Waals surface area contributed by atoms with Gasteiger partial charge in [-0.3, -0.25) is 4.90 Å². The number of benzene rings is 1. The van der Waals surface area contributed by atoms with Gasteiger partial charge in [-0.25, -0.2) is 4.99 Å². The van der Waals surface area contributed by atoms with Crippen LogP contribution in [0, 0.1) is 0 Å². The smallest absolute Gasteiger partial charge is 0.179 e. The molecule has 6 heteroatoms. The molecule has 2 aliphatic rings. The van der Waals surface area contributed by atoms with Gasteiger partial charge in [-0.15, -0.1) is 0 Å². The van der Waals surface area contributed by atoms with Gasteiger partial charge in [-0.2, -0.15) is 0 Å². The quantitative estimate of drug-likeness (QED) is 0.610. The van der Waals surface area contributed by atoms with Gasteiger partial charge in [-0.1, -0.05) is 59.3 Å². The van der Waals surface area contributed by atoms with Gasteiger partial charge in [0.25, 0.3) is 0 Å². The zero-order valence-corrected chi connectivity index (χ0v) is 17.5. The number of halogens is 1. The minimum absolute atomic E-state index is 0.728. The summed E-state index contributed by atoms with van der Waals surface area (Å²) in [6.07, 6.45) is 10.6. The molecular formula is C19H22BrN3S2. The molecular weight excluding hydrogens is 414 g/mol. The van der Waals surface area contributed by atoms with Crippen LogP contribution in [0.1, 0.15) is 31.7 Å². The fraction of sp³-hybridized carbons (Fsp3) is 0.368. The van der Waals surface area contributed by atoms with E-state index in [0.29, 0.717) is 0 Å². The van der Waals surface area contributed by atoms with Crippen molar-refractivity contribution >= 4 is 55.9 Å². The number of hydrogen-bond donors (Lipinski definition) is 1. The fourth-order valence-electron chi connectivity index (χ4n) is 2.82. The van der Waals surface area contributed by atoms with Crippen LogP contribution >= 0.6 is 39.9 Å². The Morgan fingerprint density at radius 1 is 1.44 bits per heavy atom. The maximum absolute atomic E-state index is 5.70. The van der Waals surface area contributed by atoms with Crippen LogP contribution in [0.4, 0.5) is 5.69 Å². The molecule has 1 aliphatic carbocycles. The minimum atomic E-state index is 0.728. The molecule has 3 nitrogen and oxygen atoms in total. The van der Waals surface area contributed by atoms with Crippen LogP contribution in [0.25, 0.3) is 0 Å². The van der Waals surface area contributed by atoms with E-state index in [0.717, 1.165) is 64.1 Å². The predicted octanol–water partition coefficient (Wildman–Crippen LogP) is 5.74. The number of amidine groups is 1. The van der Waals surface area contributed by atoms with Crippen molar-refractivity contribution in [1.82, 2.24) is 4.90 Å². The highest BCUT2D eigenvalue weighted by Crippen LogP contribution is 2.26. The molecule has 0 atom stereocenters. The average molecular weight is 436 g/mol. The highest BCUT2D eigenvalue weighted by atomic mass is 79.9. The van der Waals surface area contributed by atoms with Crippen LogP contribution in [0.2, 0.25) is 0 Å². The first-order valence-corrected chi connectivity index (χ1v) is 10.8. The Labute approximate surface area is 167 Å². The normalized spacial score (nSPS) is 18.6. The second-order valence-electron chi connectivity index (χ2n) is 6.00. The standard InChI is InChI=1S/C19H22BrN3S2/c1-2-6-14-9-10-15(20)13-17(14)22-18(24)23-11-12-25-19(23)21-16-7-4-3-5-8-16/h3-4,7,9-10,13H,2,5-6,8,11-12H2,1H3,(H,22,24)/b21-19+. The molecule has 0 bridgehead atoms. The third-order valence-electron chi connectivity index (χ3n) is 4.09. The average Bonchev–Trinajstić information content (AvgIpc) is 3.06. The molecule has 0 spiro atoms. The number of aliphatic imine (C=N–C) groups is 1. The number of aryl methyl sites for hydroxylation is 1. The molecule has 1 aliphatic heterocycles. The molecule has 0 unspecified atom stereocenters. The predicted molar refractivity (Wildman–Crippen MR) is 117 cm³/mol. The summed E-state index contributed by atoms with van der Waals surface area (Å²) < 4.78 is 1.06. The first-order valence-electron chi connectivity index (χ1n) is 8.61. The summed E-state index contributed by atoms with van der Waals surface area (Å²) in [6.45, 7) is 3.09. The van der Waals surface area contributed by atoms with Crippen molar-refractivity contribution in [1.29, 1.82) is 0 Å². The van der Waals surface area contributed by atoms with E-state index in [1.54, 1.807) is 11.8 Å². The number of anilines is 1. The molecule has 1 aromatic carbocycles. The van der Waals surface area contributed by atoms with E-state index in [2.05, 4.69) is 69.5 Å². The van der Waals surface area contributed by atoms with Crippen LogP contribution in [0.5, 0.6) is 0 Å². The zero-order chi connectivity index (χ0) is 17.6. The number of thiocarbonyl (C=S) groups is 1. The second kappa shape index (κ2) is 9.01. The van der Waals surface area contributed by atoms with E-state index >= 15 is 0 Å². The van der Waals surface area contributed by atoms with Gasteiger partial charge in [-0.05, 0) is 55.3 Å². The fourth-order valence-corrected chi connectivity index (χ4v) is 4.51. The first kappa shape index (κ1) is 18.7. The van der Waals surface area contributed by atoms with E-state index in [1.165, 1.54) is 5.56 Å². The van der Waals surface area contributed by atoms with E-state index < -0.39 is 0 Å². The summed E-state index contributed by atoms with van der Waals surface area (Å²) in [5, 5.41) is 5.18. The maximum Gasteiger partial charge on any atom is 0.179 e. The first-order chi connectivity index (χ1) is 12.2. The third-order valence-corrected chi connectivity index (χ3v) is 5.86. The van der Waals surface area contributed by atoms with Gasteiger partial charge in [0.1, 0.15) is 0 Å². The van der Waals surface area contributed by atoms with Crippen LogP contribution in [0.15, 0.2) is 51.6 Å². The largest absolute Gasteiger partial charge is 0.332 e. The molecule has 0 aromatic heterocycles. The molecule has 0 amide bonds. The van der Waals surface area contributed by atoms with Gasteiger partial charge in [0, 0.05) is 28.2 Å². The summed E-state index contributed by atoms with van der Waals surface area (Å²) in [5.41, 5.74) is 3.50. The van der Waals surface area contributed by atoms with E-state index in [-0.39, 0.29) is 0 Å². The Balaban J connectivity index is 1.76. The number of nitrogens with zero attached hydrogens (tertiary/aromatic N) is 2. The van der Waals surface area contributed by atoms with Crippen LogP contribution in [-0.2, 0) is 6.42 Å². The molecule has 25 heavy (non-hydrogen) atoms. The summed E-state index contributed by atoms with van der Waals surface area (Å²) in [7, 11) is 0. The van der Waals surface area contributed by atoms with Gasteiger partial charge in [0.15, 0.2) is 10.3 Å². The summed E-state index contributed by atoms with van der Waals surface area (Å²) >= 11 is 11.0. The van der Waals surface area contributed by atoms with Crippen molar-refractivity contribution in [2.24, 2.45) is 4.99 Å². The Kier molecular flexibility index (Phi) is 6.73. The molecule has 1 saturated heterocycles. The molecule has 0 radical (unpaired) electrons. The van der Waals surface area contributed by atoms with Gasteiger partial charge in [0.05, 0.1) is 0 Å². The van der Waals surface area contributed by atoms with Crippen LogP contribution < -0.4 is 5.32 Å². The van der Waals surface area contributed by atoms with Crippen molar-refractivity contribution in [3.8, 4) is 0 Å². The third kappa shape index (κ3) is 4.96. The van der Waals surface area contributed by atoms with Crippen molar-refractivity contribution in [3.05, 3.63) is 52.2 Å². The van der Waals surface area contributed by atoms with E-state index in [1.807, 2.05) is 0 Å². The highest BCUT2D eigenvalue weighted by molar-refractivity contribution is 9.10. The zero-order valence-electron chi connectivity index (χ0n) is 14.3. The molecule has 0 saturated carbocycles. The van der Waals surface area contributed by atoms with Crippen molar-refractivity contribution in [2.75, 3.05) is 17.6 Å². The lowest BCUT2D eigenvalue weighted by molar-refractivity contribution is 0.684. The topological polar surface area (TPSA) is 27.6 Å². The Bertz CT molecular complexity index is 740. The summed E-state index contributed by atoms with van der Waals surface area (Å²) in [5.74, 6) is 1.02. The van der Waals surface area contributed by atoms with E-state index in [4.69, 9.17) is 17.2 Å². The molecule has 3 rings (SSSR count). The molecule has 1 N–H and O–H groups in total. The van der Waals surface area contributed by atoms with Crippen LogP contribution in [0.3, 0.4) is 0 Å². The lowest BCUT2D eigenvalue weighted by atomic mass is 10.1. The van der Waals surface area contributed by atoms with Crippen LogP contribution in [-0.4, -0.2) is 27.5 Å². The number of thioether (sulfide) groups is 1. The molecule has 1 heterocycles. The monoisotopic (exact) mass is 435 g/mol. The van der Waals surface area contributed by atoms with Gasteiger partial charge in [0.2, 0.25) is 0 Å². The Hall–Kier alpha value is -1.11. The summed E-state index contributed by atoms with van der Waals surface area (Å²) in [4.78, 5) is 6.95. The maximum atomic E-state index is 5.70. The molecule has 132 valence electrons. The number of nitrogens with one attached hydrogen (secondary N) is 1. The van der Waals surface area contributed by atoms with Crippen molar-refractivity contribution < 1.29 is 0 Å². The molecule has 1 fully saturated rings. The van der Waals surface area contributed by atoms with Gasteiger partial charge >= 0.3 is 0 Å². The highest BCUT2D eigenvalue weighted by Gasteiger charge is 2.24. The van der Waals surface area contributed by atoms with Gasteiger partial charge < -0.3 is 5.32 Å². The van der Waals surface area contributed by atoms with Crippen molar-refractivity contribution in [2.45, 2.75) is 32.6 Å². The lowest BCUT2D eigenvalue weighted by Gasteiger charge is -2.22. The summed E-state index contributed by atoms with van der Waals surface area (Å²) in [6, 6.07) is 6.35. The Morgan fingerprint density at radius 3 is 3.08 bits per heavy atom. The second-order valence-corrected chi connectivity index (χ2v) is 8.37. The minimum Gasteiger partial charge on any atom is -0.332 e. The lowest BCUT2D eigenvalue weighted by Crippen LogP contribution is -2.35. The molecule has 1 aromatic rings. The van der Waals surface area contributed by atoms with Crippen molar-refractivity contribution in [3.63, 3.8) is 0 Å². The Morgan fingerprint density at radius 2 is 2.32 bits per heavy atom. The number of allylic oxidation sites excluding steroid dienone is 4.